The molecule has 0 aliphatic carbocycles. The average molecular weight is 527 g/mol. The first-order valence-electron chi connectivity index (χ1n) is 12.9. The third kappa shape index (κ3) is 4.72. The number of aromatic nitrogens is 1. The fourth-order valence-corrected chi connectivity index (χ4v) is 5.57. The number of nitrogens with one attached hydrogen (secondary N) is 1. The predicted octanol–water partition coefficient (Wildman–Crippen LogP) is 6.10. The van der Waals surface area contributed by atoms with Crippen molar-refractivity contribution in [2.24, 2.45) is 0 Å². The Morgan fingerprint density at radius 3 is 2.44 bits per heavy atom. The first-order valence-corrected chi connectivity index (χ1v) is 12.9. The number of amides is 1. The Bertz CT molecular complexity index is 1500. The summed E-state index contributed by atoms with van der Waals surface area (Å²) in [5.74, 6) is -1.05. The number of likely N-dealkylation sites (tertiary alicyclic amines) is 1. The Labute approximate surface area is 225 Å². The second kappa shape index (κ2) is 10.1. The zero-order valence-electron chi connectivity index (χ0n) is 21.5. The number of pyridine rings is 1. The van der Waals surface area contributed by atoms with E-state index < -0.39 is 17.3 Å². The van der Waals surface area contributed by atoms with E-state index >= 15 is 0 Å². The van der Waals surface area contributed by atoms with Crippen molar-refractivity contribution >= 4 is 17.3 Å². The number of methoxy groups -OCH3 is 1. The van der Waals surface area contributed by atoms with E-state index in [4.69, 9.17) is 4.74 Å². The van der Waals surface area contributed by atoms with Gasteiger partial charge in [0.25, 0.3) is 5.91 Å². The molecule has 0 saturated carbocycles. The van der Waals surface area contributed by atoms with Crippen LogP contribution in [0, 0.1) is 11.6 Å². The highest BCUT2D eigenvalue weighted by molar-refractivity contribution is 6.13. The standard InChI is InChI=1S/C31H28F2N4O2/c1-39-24-9-7-23(8-10-24)37-30(38)25-11-6-22(28-4-2-3-15-34-28)19-29(25)35-31(37)13-16-36(17-14-31)20-21-5-12-26(32)27(33)18-21/h2-12,15,18-19,35H,13-14,16-17,20H2,1H3. The van der Waals surface area contributed by atoms with Crippen LogP contribution >= 0.6 is 0 Å². The second-order valence-electron chi connectivity index (χ2n) is 10.00. The smallest absolute Gasteiger partial charge is 0.262 e. The third-order valence-electron chi connectivity index (χ3n) is 7.61. The molecule has 3 aromatic carbocycles. The topological polar surface area (TPSA) is 57.7 Å². The molecule has 1 saturated heterocycles. The van der Waals surface area contributed by atoms with E-state index in [0.29, 0.717) is 43.8 Å². The Morgan fingerprint density at radius 2 is 1.74 bits per heavy atom. The van der Waals surface area contributed by atoms with Crippen LogP contribution in [0.1, 0.15) is 28.8 Å². The maximum absolute atomic E-state index is 14.1. The van der Waals surface area contributed by atoms with Gasteiger partial charge in [-0.25, -0.2) is 8.78 Å². The first-order chi connectivity index (χ1) is 19.0. The molecule has 6 nitrogen and oxygen atoms in total. The quantitative estimate of drug-likeness (QED) is 0.341. The van der Waals surface area contributed by atoms with Gasteiger partial charge in [0.2, 0.25) is 0 Å². The van der Waals surface area contributed by atoms with Crippen LogP contribution in [0.25, 0.3) is 11.3 Å². The summed E-state index contributed by atoms with van der Waals surface area (Å²) in [6.45, 7) is 1.84. The summed E-state index contributed by atoms with van der Waals surface area (Å²) in [5.41, 5.74) is 3.98. The molecule has 6 rings (SSSR count). The van der Waals surface area contributed by atoms with Crippen molar-refractivity contribution in [3.05, 3.63) is 108 Å². The fourth-order valence-electron chi connectivity index (χ4n) is 5.57. The van der Waals surface area contributed by atoms with Gasteiger partial charge in [0.1, 0.15) is 11.4 Å². The molecular formula is C31H28F2N4O2. The molecule has 2 aliphatic heterocycles. The van der Waals surface area contributed by atoms with Crippen LogP contribution in [0.3, 0.4) is 0 Å². The number of nitrogens with zero attached hydrogens (tertiary/aromatic N) is 3. The van der Waals surface area contributed by atoms with E-state index in [-0.39, 0.29) is 5.91 Å². The summed E-state index contributed by atoms with van der Waals surface area (Å²) in [5, 5.41) is 3.74. The van der Waals surface area contributed by atoms with Gasteiger partial charge in [-0.05, 0) is 66.2 Å². The largest absolute Gasteiger partial charge is 0.497 e. The van der Waals surface area contributed by atoms with E-state index in [0.717, 1.165) is 28.2 Å². The summed E-state index contributed by atoms with van der Waals surface area (Å²) in [4.78, 5) is 22.6. The number of halogens is 2. The number of ether oxygens (including phenoxy) is 1. The van der Waals surface area contributed by atoms with Crippen LogP contribution in [0.4, 0.5) is 20.2 Å². The molecule has 1 fully saturated rings. The zero-order chi connectivity index (χ0) is 27.0. The maximum atomic E-state index is 14.1. The van der Waals surface area contributed by atoms with Gasteiger partial charge in [-0.15, -0.1) is 0 Å². The lowest BCUT2D eigenvalue weighted by atomic mass is 9.88. The molecule has 2 aliphatic rings. The molecule has 198 valence electrons. The molecule has 0 bridgehead atoms. The van der Waals surface area contributed by atoms with Crippen molar-refractivity contribution in [2.45, 2.75) is 25.0 Å². The minimum atomic E-state index is -0.847. The third-order valence-corrected chi connectivity index (χ3v) is 7.61. The van der Waals surface area contributed by atoms with Gasteiger partial charge in [0.05, 0.1) is 18.4 Å². The minimum Gasteiger partial charge on any atom is -0.497 e. The number of anilines is 2. The Kier molecular flexibility index (Phi) is 6.48. The van der Waals surface area contributed by atoms with Crippen molar-refractivity contribution in [1.29, 1.82) is 0 Å². The van der Waals surface area contributed by atoms with Gasteiger partial charge in [-0.1, -0.05) is 18.2 Å². The number of benzene rings is 3. The predicted molar refractivity (Wildman–Crippen MR) is 147 cm³/mol. The van der Waals surface area contributed by atoms with Gasteiger partial charge in [0.15, 0.2) is 11.6 Å². The van der Waals surface area contributed by atoms with Crippen LogP contribution < -0.4 is 15.0 Å². The van der Waals surface area contributed by atoms with Gasteiger partial charge >= 0.3 is 0 Å². The van der Waals surface area contributed by atoms with Crippen LogP contribution in [0.5, 0.6) is 5.75 Å². The summed E-state index contributed by atoms with van der Waals surface area (Å²) in [7, 11) is 1.61. The van der Waals surface area contributed by atoms with Crippen molar-refractivity contribution in [2.75, 3.05) is 30.4 Å². The fraction of sp³-hybridized carbons (Fsp3) is 0.226. The Morgan fingerprint density at radius 1 is 0.949 bits per heavy atom. The summed E-state index contributed by atoms with van der Waals surface area (Å²) in [6.07, 6.45) is 3.03. The molecule has 1 N–H and O–H groups in total. The maximum Gasteiger partial charge on any atom is 0.262 e. The molecule has 0 unspecified atom stereocenters. The Balaban J connectivity index is 1.33. The van der Waals surface area contributed by atoms with E-state index in [1.165, 1.54) is 12.1 Å². The van der Waals surface area contributed by atoms with Crippen LogP contribution in [0.15, 0.2) is 85.1 Å². The number of hydrogen-bond acceptors (Lipinski definition) is 5. The number of piperidine rings is 1. The van der Waals surface area contributed by atoms with E-state index in [1.807, 2.05) is 65.6 Å². The van der Waals surface area contributed by atoms with Crippen molar-refractivity contribution in [3.8, 4) is 17.0 Å². The highest BCUT2D eigenvalue weighted by Crippen LogP contribution is 2.42. The summed E-state index contributed by atoms with van der Waals surface area (Å²) < 4.78 is 32.5. The van der Waals surface area contributed by atoms with Gasteiger partial charge in [0, 0.05) is 55.6 Å². The molecule has 0 atom stereocenters. The SMILES string of the molecule is COc1ccc(N2C(=O)c3ccc(-c4ccccn4)cc3NC23CCN(Cc2ccc(F)c(F)c2)CC3)cc1. The molecule has 1 aromatic heterocycles. The monoisotopic (exact) mass is 526 g/mol. The number of fused-ring (bicyclic) bond motifs is 1. The molecule has 39 heavy (non-hydrogen) atoms. The van der Waals surface area contributed by atoms with Crippen LogP contribution in [0.2, 0.25) is 0 Å². The molecular weight excluding hydrogens is 498 g/mol. The van der Waals surface area contributed by atoms with Crippen LogP contribution in [-0.2, 0) is 6.54 Å². The number of rotatable bonds is 5. The van der Waals surface area contributed by atoms with Crippen LogP contribution in [-0.4, -0.2) is 41.7 Å². The van der Waals surface area contributed by atoms with E-state index in [2.05, 4.69) is 15.2 Å². The summed E-state index contributed by atoms with van der Waals surface area (Å²) >= 11 is 0. The molecule has 1 spiro atoms. The first kappa shape index (κ1) is 25.0. The van der Waals surface area contributed by atoms with Gasteiger partial charge in [-0.3, -0.25) is 19.6 Å². The highest BCUT2D eigenvalue weighted by Gasteiger charge is 2.47. The second-order valence-corrected chi connectivity index (χ2v) is 10.00. The minimum absolute atomic E-state index is 0.0736. The van der Waals surface area contributed by atoms with Crippen molar-refractivity contribution in [3.63, 3.8) is 0 Å². The lowest BCUT2D eigenvalue weighted by Gasteiger charge is -2.52. The molecule has 8 heteroatoms. The van der Waals surface area contributed by atoms with Crippen molar-refractivity contribution in [1.82, 2.24) is 9.88 Å². The molecule has 0 radical (unpaired) electrons. The summed E-state index contributed by atoms with van der Waals surface area (Å²) in [6, 6.07) is 23.1. The molecule has 3 heterocycles. The lowest BCUT2D eigenvalue weighted by molar-refractivity contribution is 0.0904. The normalized spacial score (nSPS) is 16.6. The Hall–Kier alpha value is -4.30. The van der Waals surface area contributed by atoms with Gasteiger partial charge in [-0.2, -0.15) is 0 Å². The average Bonchev–Trinajstić information content (AvgIpc) is 2.97. The zero-order valence-corrected chi connectivity index (χ0v) is 21.5. The number of carbonyl (C=O) groups excluding carboxylic acids is 1. The van der Waals surface area contributed by atoms with Crippen molar-refractivity contribution < 1.29 is 18.3 Å². The van der Waals surface area contributed by atoms with E-state index in [1.54, 1.807) is 19.4 Å². The lowest BCUT2D eigenvalue weighted by Crippen LogP contribution is -2.64. The highest BCUT2D eigenvalue weighted by atomic mass is 19.2. The molecule has 1 amide bonds. The number of hydrogen-bond donors (Lipinski definition) is 1. The van der Waals surface area contributed by atoms with E-state index in [9.17, 15) is 13.6 Å². The number of carbonyl (C=O) groups is 1. The molecule has 4 aromatic rings. The van der Waals surface area contributed by atoms with Gasteiger partial charge < -0.3 is 10.1 Å².